The summed E-state index contributed by atoms with van der Waals surface area (Å²) in [6.07, 6.45) is 5.29. The molecule has 0 saturated carbocycles. The minimum atomic E-state index is 0.620. The minimum absolute atomic E-state index is 0.620. The summed E-state index contributed by atoms with van der Waals surface area (Å²) in [5, 5.41) is 6.88. The smallest absolute Gasteiger partial charge is 0.0928 e. The number of nitrogens with zero attached hydrogens (tertiary/aromatic N) is 1. The molecule has 0 aliphatic rings. The summed E-state index contributed by atoms with van der Waals surface area (Å²) in [7, 11) is 0. The van der Waals surface area contributed by atoms with Crippen molar-refractivity contribution in [3.63, 3.8) is 0 Å². The van der Waals surface area contributed by atoms with Gasteiger partial charge in [0.1, 0.15) is 0 Å². The highest BCUT2D eigenvalue weighted by atomic mass is 32.1. The van der Waals surface area contributed by atoms with E-state index < -0.39 is 0 Å². The fourth-order valence-corrected chi connectivity index (χ4v) is 3.21. The van der Waals surface area contributed by atoms with Crippen LogP contribution in [0.2, 0.25) is 0 Å². The Morgan fingerprint density at radius 3 is 2.90 bits per heavy atom. The number of hydrogen-bond acceptors (Lipinski definition) is 3. The van der Waals surface area contributed by atoms with Crippen LogP contribution < -0.4 is 5.32 Å². The summed E-state index contributed by atoms with van der Waals surface area (Å²) in [5.74, 6) is 0.620. The van der Waals surface area contributed by atoms with E-state index in [2.05, 4.69) is 53.8 Å². The first-order valence-corrected chi connectivity index (χ1v) is 8.30. The lowest BCUT2D eigenvalue weighted by molar-refractivity contribution is 0.470. The van der Waals surface area contributed by atoms with Crippen molar-refractivity contribution >= 4 is 11.3 Å². The second-order valence-electron chi connectivity index (χ2n) is 5.39. The van der Waals surface area contributed by atoms with Gasteiger partial charge in [0.05, 0.1) is 5.01 Å². The van der Waals surface area contributed by atoms with E-state index >= 15 is 0 Å². The zero-order valence-corrected chi connectivity index (χ0v) is 13.2. The average molecular weight is 288 g/mol. The van der Waals surface area contributed by atoms with Gasteiger partial charge in [0.15, 0.2) is 0 Å². The first-order valence-electron chi connectivity index (χ1n) is 7.42. The highest BCUT2D eigenvalue weighted by molar-refractivity contribution is 7.09. The number of rotatable bonds is 8. The van der Waals surface area contributed by atoms with Crippen LogP contribution in [-0.4, -0.2) is 18.1 Å². The van der Waals surface area contributed by atoms with Crippen LogP contribution >= 0.6 is 11.3 Å². The van der Waals surface area contributed by atoms with E-state index in [0.717, 1.165) is 25.9 Å². The van der Waals surface area contributed by atoms with Crippen molar-refractivity contribution in [2.75, 3.05) is 13.1 Å². The number of aromatic nitrogens is 1. The third-order valence-corrected chi connectivity index (χ3v) is 4.22. The summed E-state index contributed by atoms with van der Waals surface area (Å²) in [5.41, 5.74) is 2.78. The monoisotopic (exact) mass is 288 g/mol. The van der Waals surface area contributed by atoms with Crippen molar-refractivity contribution in [1.82, 2.24) is 10.3 Å². The molecular formula is C17H24N2S. The van der Waals surface area contributed by atoms with E-state index in [-0.39, 0.29) is 0 Å². The van der Waals surface area contributed by atoms with Gasteiger partial charge in [-0.05, 0) is 44.3 Å². The molecule has 0 aliphatic heterocycles. The Bertz CT molecular complexity index is 493. The van der Waals surface area contributed by atoms with Crippen LogP contribution in [-0.2, 0) is 12.8 Å². The Hall–Kier alpha value is -1.19. The molecule has 1 unspecified atom stereocenters. The van der Waals surface area contributed by atoms with Crippen molar-refractivity contribution in [1.29, 1.82) is 0 Å². The van der Waals surface area contributed by atoms with Crippen LogP contribution in [0.5, 0.6) is 0 Å². The van der Waals surface area contributed by atoms with Crippen molar-refractivity contribution in [2.24, 2.45) is 5.92 Å². The molecule has 20 heavy (non-hydrogen) atoms. The van der Waals surface area contributed by atoms with Crippen molar-refractivity contribution < 1.29 is 0 Å². The van der Waals surface area contributed by atoms with Crippen LogP contribution in [0.3, 0.4) is 0 Å². The summed E-state index contributed by atoms with van der Waals surface area (Å²) >= 11 is 1.77. The molecule has 2 rings (SSSR count). The van der Waals surface area contributed by atoms with Gasteiger partial charge in [0.2, 0.25) is 0 Å². The zero-order valence-electron chi connectivity index (χ0n) is 12.4. The maximum Gasteiger partial charge on any atom is 0.0928 e. The Morgan fingerprint density at radius 2 is 2.20 bits per heavy atom. The number of benzene rings is 1. The SMILES string of the molecule is CCCNCC(Cc1cccc(C)c1)Cc1nccs1. The number of aryl methyl sites for hydroxylation is 1. The van der Waals surface area contributed by atoms with Gasteiger partial charge in [-0.3, -0.25) is 0 Å². The van der Waals surface area contributed by atoms with Crippen LogP contribution in [0, 0.1) is 12.8 Å². The van der Waals surface area contributed by atoms with Gasteiger partial charge >= 0.3 is 0 Å². The Kier molecular flexibility index (Phi) is 6.22. The predicted octanol–water partition coefficient (Wildman–Crippen LogP) is 3.85. The standard InChI is InChI=1S/C17H24N2S/c1-3-7-18-13-16(12-17-19-8-9-20-17)11-15-6-4-5-14(2)10-15/h4-6,8-10,16,18H,3,7,11-13H2,1-2H3. The first kappa shape index (κ1) is 15.2. The molecule has 0 aliphatic carbocycles. The van der Waals surface area contributed by atoms with E-state index in [1.165, 1.54) is 22.6 Å². The second kappa shape index (κ2) is 8.18. The molecule has 1 aromatic heterocycles. The Morgan fingerprint density at radius 1 is 1.30 bits per heavy atom. The highest BCUT2D eigenvalue weighted by Crippen LogP contribution is 2.17. The van der Waals surface area contributed by atoms with E-state index in [4.69, 9.17) is 0 Å². The normalized spacial score (nSPS) is 12.5. The fourth-order valence-electron chi connectivity index (χ4n) is 2.47. The molecule has 0 saturated heterocycles. The van der Waals surface area contributed by atoms with Gasteiger partial charge < -0.3 is 5.32 Å². The van der Waals surface area contributed by atoms with Crippen molar-refractivity contribution in [2.45, 2.75) is 33.1 Å². The van der Waals surface area contributed by atoms with Crippen LogP contribution in [0.4, 0.5) is 0 Å². The van der Waals surface area contributed by atoms with Crippen molar-refractivity contribution in [3.8, 4) is 0 Å². The topological polar surface area (TPSA) is 24.9 Å². The lowest BCUT2D eigenvalue weighted by atomic mass is 9.95. The molecule has 2 nitrogen and oxygen atoms in total. The summed E-state index contributed by atoms with van der Waals surface area (Å²) < 4.78 is 0. The zero-order chi connectivity index (χ0) is 14.2. The van der Waals surface area contributed by atoms with E-state index in [1.807, 2.05) is 6.20 Å². The highest BCUT2D eigenvalue weighted by Gasteiger charge is 2.12. The third kappa shape index (κ3) is 5.06. The quantitative estimate of drug-likeness (QED) is 0.746. The molecule has 1 heterocycles. The van der Waals surface area contributed by atoms with Gasteiger partial charge in [0.25, 0.3) is 0 Å². The van der Waals surface area contributed by atoms with Crippen LogP contribution in [0.15, 0.2) is 35.8 Å². The number of nitrogens with one attached hydrogen (secondary N) is 1. The van der Waals surface area contributed by atoms with Crippen LogP contribution in [0.25, 0.3) is 0 Å². The maximum atomic E-state index is 4.43. The summed E-state index contributed by atoms with van der Waals surface area (Å²) in [6.45, 7) is 6.54. The van der Waals surface area contributed by atoms with Gasteiger partial charge in [-0.2, -0.15) is 0 Å². The lowest BCUT2D eigenvalue weighted by Gasteiger charge is -2.17. The minimum Gasteiger partial charge on any atom is -0.316 e. The third-order valence-electron chi connectivity index (χ3n) is 3.41. The summed E-state index contributed by atoms with van der Waals surface area (Å²) in [6, 6.07) is 8.86. The van der Waals surface area contributed by atoms with E-state index in [9.17, 15) is 0 Å². The molecular weight excluding hydrogens is 264 g/mol. The van der Waals surface area contributed by atoms with Crippen LogP contribution in [0.1, 0.15) is 29.5 Å². The number of thiazole rings is 1. The Balaban J connectivity index is 1.97. The Labute approximate surface area is 126 Å². The van der Waals surface area contributed by atoms with Gasteiger partial charge in [-0.15, -0.1) is 11.3 Å². The van der Waals surface area contributed by atoms with Crippen molar-refractivity contribution in [3.05, 3.63) is 52.0 Å². The van der Waals surface area contributed by atoms with Gasteiger partial charge in [-0.25, -0.2) is 4.98 Å². The van der Waals surface area contributed by atoms with Gasteiger partial charge in [-0.1, -0.05) is 36.8 Å². The largest absolute Gasteiger partial charge is 0.316 e. The maximum absolute atomic E-state index is 4.43. The molecule has 3 heteroatoms. The predicted molar refractivity (Wildman–Crippen MR) is 87.4 cm³/mol. The molecule has 0 bridgehead atoms. The molecule has 2 aromatic rings. The van der Waals surface area contributed by atoms with E-state index in [1.54, 1.807) is 11.3 Å². The molecule has 0 fully saturated rings. The molecule has 1 atom stereocenters. The fraction of sp³-hybridized carbons (Fsp3) is 0.471. The molecule has 0 spiro atoms. The lowest BCUT2D eigenvalue weighted by Crippen LogP contribution is -2.26. The van der Waals surface area contributed by atoms with Gasteiger partial charge in [0, 0.05) is 18.0 Å². The molecule has 1 aromatic carbocycles. The second-order valence-corrected chi connectivity index (χ2v) is 6.37. The molecule has 0 amide bonds. The molecule has 108 valence electrons. The average Bonchev–Trinajstić information content (AvgIpc) is 2.92. The molecule has 0 radical (unpaired) electrons. The van der Waals surface area contributed by atoms with E-state index in [0.29, 0.717) is 5.92 Å². The number of hydrogen-bond donors (Lipinski definition) is 1. The first-order chi connectivity index (χ1) is 9.78. The molecule has 1 N–H and O–H groups in total. The summed E-state index contributed by atoms with van der Waals surface area (Å²) in [4.78, 5) is 4.43.